The Labute approximate surface area is 370 Å². The topological polar surface area (TPSA) is 123 Å². The number of ether oxygens (including phenoxy) is 3. The molecule has 0 aromatic heterocycles. The molecule has 18 heteroatoms. The monoisotopic (exact) mass is 926 g/mol. The van der Waals surface area contributed by atoms with Gasteiger partial charge in [-0.2, -0.15) is 26.3 Å². The van der Waals surface area contributed by atoms with E-state index in [0.717, 1.165) is 36.8 Å². The second-order valence-electron chi connectivity index (χ2n) is 14.3. The minimum absolute atomic E-state index is 0.0772. The van der Waals surface area contributed by atoms with Crippen molar-refractivity contribution < 1.29 is 64.8 Å². The SMILES string of the molecule is CCCCN(CC)C(=O)[C@@H](OC(=O)[C@H](Oc1cccc(C(F)(F)F)c1)C1=CC=C(Cl)C=CC1)[C@H](OC(=O)Cc1ccc(Cl)cc1)C(=O)N1CCCC1.Oc1cccc(C(F)(F)F)c1. The zero-order valence-corrected chi connectivity index (χ0v) is 35.8. The van der Waals surface area contributed by atoms with Crippen LogP contribution in [0, 0.1) is 0 Å². The maximum absolute atomic E-state index is 14.3. The Morgan fingerprint density at radius 1 is 0.825 bits per heavy atom. The summed E-state index contributed by atoms with van der Waals surface area (Å²) in [6.45, 7) is 4.75. The molecule has 1 fully saturated rings. The lowest BCUT2D eigenvalue weighted by atomic mass is 10.0. The minimum Gasteiger partial charge on any atom is -0.508 e. The van der Waals surface area contributed by atoms with Crippen LogP contribution in [0.1, 0.15) is 62.6 Å². The Morgan fingerprint density at radius 2 is 1.46 bits per heavy atom. The zero-order chi connectivity index (χ0) is 46.3. The van der Waals surface area contributed by atoms with Crippen molar-refractivity contribution in [1.82, 2.24) is 9.80 Å². The van der Waals surface area contributed by atoms with Crippen LogP contribution in [0.25, 0.3) is 0 Å². The van der Waals surface area contributed by atoms with Gasteiger partial charge in [0.15, 0.2) is 0 Å². The summed E-state index contributed by atoms with van der Waals surface area (Å²) < 4.78 is 94.0. The molecule has 1 aliphatic heterocycles. The van der Waals surface area contributed by atoms with Crippen LogP contribution in [0.4, 0.5) is 26.3 Å². The molecule has 3 aromatic rings. The summed E-state index contributed by atoms with van der Waals surface area (Å²) in [7, 11) is 0. The van der Waals surface area contributed by atoms with Gasteiger partial charge < -0.3 is 29.1 Å². The van der Waals surface area contributed by atoms with Crippen LogP contribution in [0.2, 0.25) is 5.02 Å². The van der Waals surface area contributed by atoms with Crippen LogP contribution >= 0.6 is 23.2 Å². The van der Waals surface area contributed by atoms with Gasteiger partial charge in [0.2, 0.25) is 18.3 Å². The molecule has 1 heterocycles. The van der Waals surface area contributed by atoms with E-state index in [1.165, 1.54) is 34.1 Å². The van der Waals surface area contributed by atoms with Gasteiger partial charge in [-0.05, 0) is 104 Å². The van der Waals surface area contributed by atoms with Crippen LogP contribution < -0.4 is 4.74 Å². The van der Waals surface area contributed by atoms with E-state index in [1.807, 2.05) is 6.92 Å². The number of phenols is 1. The van der Waals surface area contributed by atoms with Gasteiger partial charge in [0, 0.05) is 36.2 Å². The van der Waals surface area contributed by atoms with Gasteiger partial charge in [-0.25, -0.2) is 4.79 Å². The predicted octanol–water partition coefficient (Wildman–Crippen LogP) is 9.86. The number of likely N-dealkylation sites (N-methyl/N-ethyl adjacent to an activating group) is 1. The van der Waals surface area contributed by atoms with Crippen molar-refractivity contribution in [2.24, 2.45) is 0 Å². The molecular formula is C45H46Cl2F6N2O8. The Balaban J connectivity index is 0.000000688. The molecule has 1 saturated heterocycles. The Bertz CT molecular complexity index is 2140. The van der Waals surface area contributed by atoms with Crippen molar-refractivity contribution in [2.75, 3.05) is 26.2 Å². The molecule has 1 N–H and O–H groups in total. The fourth-order valence-corrected chi connectivity index (χ4v) is 6.62. The Hall–Kier alpha value is -5.48. The fourth-order valence-electron chi connectivity index (χ4n) is 6.34. The van der Waals surface area contributed by atoms with Crippen molar-refractivity contribution in [1.29, 1.82) is 0 Å². The number of hydrogen-bond donors (Lipinski definition) is 1. The number of benzene rings is 3. The number of likely N-dealkylation sites (tertiary alicyclic amines) is 1. The lowest BCUT2D eigenvalue weighted by molar-refractivity contribution is -0.184. The van der Waals surface area contributed by atoms with Crippen molar-refractivity contribution >= 4 is 47.0 Å². The van der Waals surface area contributed by atoms with Gasteiger partial charge in [-0.1, -0.05) is 73.0 Å². The molecule has 10 nitrogen and oxygen atoms in total. The van der Waals surface area contributed by atoms with Gasteiger partial charge in [-0.3, -0.25) is 14.4 Å². The van der Waals surface area contributed by atoms with Crippen LogP contribution in [-0.4, -0.2) is 83.2 Å². The predicted molar refractivity (Wildman–Crippen MR) is 223 cm³/mol. The highest BCUT2D eigenvalue weighted by molar-refractivity contribution is 6.31. The molecule has 63 heavy (non-hydrogen) atoms. The number of esters is 2. The molecule has 5 rings (SSSR count). The maximum atomic E-state index is 14.3. The number of rotatable bonds is 15. The second kappa shape index (κ2) is 23.3. The van der Waals surface area contributed by atoms with Crippen LogP contribution in [0.15, 0.2) is 108 Å². The smallest absolute Gasteiger partial charge is 0.416 e. The van der Waals surface area contributed by atoms with E-state index in [1.54, 1.807) is 43.3 Å². The number of aromatic hydroxyl groups is 1. The van der Waals surface area contributed by atoms with Gasteiger partial charge in [-0.15, -0.1) is 0 Å². The molecule has 340 valence electrons. The second-order valence-corrected chi connectivity index (χ2v) is 15.2. The molecule has 1 aliphatic carbocycles. The van der Waals surface area contributed by atoms with E-state index >= 15 is 0 Å². The number of amides is 2. The number of carbonyl (C=O) groups excluding carboxylic acids is 4. The lowest BCUT2D eigenvalue weighted by Gasteiger charge is -2.33. The van der Waals surface area contributed by atoms with Crippen LogP contribution in [0.5, 0.6) is 11.5 Å². The number of hydrogen-bond acceptors (Lipinski definition) is 8. The molecule has 2 amide bonds. The number of carbonyl (C=O) groups is 4. The van der Waals surface area contributed by atoms with Crippen molar-refractivity contribution in [2.45, 2.75) is 83.0 Å². The highest BCUT2D eigenvalue weighted by Gasteiger charge is 2.46. The van der Waals surface area contributed by atoms with Crippen molar-refractivity contribution in [3.05, 3.63) is 129 Å². The average molecular weight is 928 g/mol. The highest BCUT2D eigenvalue weighted by Crippen LogP contribution is 2.33. The van der Waals surface area contributed by atoms with Gasteiger partial charge in [0.05, 0.1) is 17.5 Å². The molecular weight excluding hydrogens is 881 g/mol. The number of nitrogens with zero attached hydrogens (tertiary/aromatic N) is 2. The Morgan fingerprint density at radius 3 is 2.05 bits per heavy atom. The van der Waals surface area contributed by atoms with Gasteiger partial charge in [0.25, 0.3) is 11.8 Å². The third-order valence-electron chi connectivity index (χ3n) is 9.64. The summed E-state index contributed by atoms with van der Waals surface area (Å²) in [6.07, 6.45) is -6.00. The van der Waals surface area contributed by atoms with E-state index in [2.05, 4.69) is 0 Å². The summed E-state index contributed by atoms with van der Waals surface area (Å²) in [5.41, 5.74) is -1.09. The minimum atomic E-state index is -4.70. The standard InChI is InChI=1S/C38H41Cl2F3N2O7.C7H5F3O/c1-3-5-20-44(4-2)35(47)34(33(36(48)45-21-6-7-22-45)51-31(46)23-25-14-17-29(40)18-15-25)52-37(49)32(26-10-8-12-28(39)19-16-26)50-30-13-9-11-27(24-30)38(41,42)43;8-7(9,10)5-2-1-3-6(11)4-5/h8-9,11-19,24,32-34H,3-7,10,20-23H2,1-2H3;1-4,11H/t32-,33+,34+;/m1./s1. The number of halogens is 8. The number of unbranched alkanes of at least 4 members (excludes halogenated alkanes) is 1. The molecule has 0 bridgehead atoms. The first-order chi connectivity index (χ1) is 29.8. The summed E-state index contributed by atoms with van der Waals surface area (Å²) in [4.78, 5) is 59.0. The number of alkyl halides is 6. The number of phenolic OH excluding ortho intramolecular Hbond substituents is 1. The van der Waals surface area contributed by atoms with Crippen LogP contribution in [0.3, 0.4) is 0 Å². The molecule has 0 saturated carbocycles. The van der Waals surface area contributed by atoms with E-state index in [-0.39, 0.29) is 43.0 Å². The summed E-state index contributed by atoms with van der Waals surface area (Å²) in [6, 6.07) is 14.3. The fraction of sp³-hybridized carbons (Fsp3) is 0.378. The molecule has 0 radical (unpaired) electrons. The van der Waals surface area contributed by atoms with Gasteiger partial charge >= 0.3 is 24.3 Å². The first-order valence-corrected chi connectivity index (χ1v) is 20.7. The summed E-state index contributed by atoms with van der Waals surface area (Å²) in [5, 5.41) is 9.44. The molecule has 3 aromatic carbocycles. The normalized spacial score (nSPS) is 15.4. The molecule has 3 atom stereocenters. The first-order valence-electron chi connectivity index (χ1n) is 20.0. The van der Waals surface area contributed by atoms with Crippen molar-refractivity contribution in [3.63, 3.8) is 0 Å². The van der Waals surface area contributed by atoms with Gasteiger partial charge in [0.1, 0.15) is 11.5 Å². The van der Waals surface area contributed by atoms with E-state index in [9.17, 15) is 45.5 Å². The molecule has 0 unspecified atom stereocenters. The number of allylic oxidation sites excluding steroid dienone is 5. The molecule has 0 spiro atoms. The highest BCUT2D eigenvalue weighted by atomic mass is 35.5. The zero-order valence-electron chi connectivity index (χ0n) is 34.3. The van der Waals surface area contributed by atoms with E-state index < -0.39 is 65.5 Å². The third kappa shape index (κ3) is 15.4. The first kappa shape index (κ1) is 50.2. The molecule has 2 aliphatic rings. The van der Waals surface area contributed by atoms with Crippen molar-refractivity contribution in [3.8, 4) is 11.5 Å². The maximum Gasteiger partial charge on any atom is 0.416 e. The largest absolute Gasteiger partial charge is 0.508 e. The Kier molecular flexibility index (Phi) is 18.5. The van der Waals surface area contributed by atoms with E-state index in [0.29, 0.717) is 54.0 Å². The lowest BCUT2D eigenvalue weighted by Crippen LogP contribution is -2.56. The summed E-state index contributed by atoms with van der Waals surface area (Å²) in [5.74, 6) is -4.24. The van der Waals surface area contributed by atoms with E-state index in [4.69, 9.17) is 42.5 Å². The quantitative estimate of drug-likeness (QED) is 0.118. The van der Waals surface area contributed by atoms with Crippen LogP contribution in [-0.2, 0) is 47.4 Å². The summed E-state index contributed by atoms with van der Waals surface area (Å²) >= 11 is 12.2. The third-order valence-corrected chi connectivity index (χ3v) is 10.1. The average Bonchev–Trinajstić information content (AvgIpc) is 3.70.